The van der Waals surface area contributed by atoms with Gasteiger partial charge in [-0.3, -0.25) is 9.59 Å². The minimum atomic E-state index is -0.902. The molecular formula is C18H18ClN3O4. The Morgan fingerprint density at radius 1 is 1.08 bits per heavy atom. The summed E-state index contributed by atoms with van der Waals surface area (Å²) in [5.74, 6) is -0.650. The van der Waals surface area contributed by atoms with Crippen molar-refractivity contribution in [1.82, 2.24) is 5.43 Å². The van der Waals surface area contributed by atoms with E-state index in [1.165, 1.54) is 20.4 Å². The number of rotatable bonds is 5. The van der Waals surface area contributed by atoms with Gasteiger partial charge in [-0.1, -0.05) is 17.7 Å². The van der Waals surface area contributed by atoms with Gasteiger partial charge in [-0.05, 0) is 48.4 Å². The standard InChI is InChI=1S/C18H18ClN3O4/c1-11-13(19)5-4-6-14(11)21-17(23)18(24)22-20-10-12-7-8-15(25-2)16(9-12)26-3/h4-10H,1-3H3,(H,21,23)(H,22,24)/b20-10-. The van der Waals surface area contributed by atoms with Crippen molar-refractivity contribution in [3.8, 4) is 11.5 Å². The van der Waals surface area contributed by atoms with E-state index in [4.69, 9.17) is 21.1 Å². The minimum absolute atomic E-state index is 0.460. The van der Waals surface area contributed by atoms with Crippen LogP contribution in [0.25, 0.3) is 0 Å². The van der Waals surface area contributed by atoms with Crippen LogP contribution in [-0.4, -0.2) is 32.2 Å². The molecule has 0 bridgehead atoms. The van der Waals surface area contributed by atoms with Crippen molar-refractivity contribution < 1.29 is 19.1 Å². The van der Waals surface area contributed by atoms with E-state index in [2.05, 4.69) is 15.8 Å². The van der Waals surface area contributed by atoms with E-state index in [0.29, 0.717) is 33.3 Å². The number of hydrogen-bond donors (Lipinski definition) is 2. The molecule has 2 amide bonds. The van der Waals surface area contributed by atoms with Gasteiger partial charge in [0.25, 0.3) is 0 Å². The SMILES string of the molecule is COc1ccc(/C=N\NC(=O)C(=O)Nc2cccc(Cl)c2C)cc1OC. The maximum Gasteiger partial charge on any atom is 0.329 e. The van der Waals surface area contributed by atoms with E-state index in [0.717, 1.165) is 0 Å². The third kappa shape index (κ3) is 4.73. The van der Waals surface area contributed by atoms with Crippen LogP contribution in [0.1, 0.15) is 11.1 Å². The number of nitrogens with one attached hydrogen (secondary N) is 2. The molecule has 26 heavy (non-hydrogen) atoms. The van der Waals surface area contributed by atoms with E-state index in [1.807, 2.05) is 0 Å². The van der Waals surface area contributed by atoms with Crippen molar-refractivity contribution in [3.05, 3.63) is 52.5 Å². The van der Waals surface area contributed by atoms with Gasteiger partial charge in [-0.15, -0.1) is 0 Å². The predicted molar refractivity (Wildman–Crippen MR) is 100 cm³/mol. The first kappa shape index (κ1) is 19.3. The molecule has 136 valence electrons. The molecule has 2 aromatic carbocycles. The van der Waals surface area contributed by atoms with Gasteiger partial charge in [0.1, 0.15) is 0 Å². The number of hydrogen-bond acceptors (Lipinski definition) is 5. The molecule has 2 aromatic rings. The van der Waals surface area contributed by atoms with Crippen molar-refractivity contribution in [2.45, 2.75) is 6.92 Å². The first-order valence-corrected chi connectivity index (χ1v) is 7.95. The zero-order valence-corrected chi connectivity index (χ0v) is 15.3. The summed E-state index contributed by atoms with van der Waals surface area (Å²) in [6, 6.07) is 10.1. The van der Waals surface area contributed by atoms with Crippen LogP contribution in [0.5, 0.6) is 11.5 Å². The van der Waals surface area contributed by atoms with E-state index < -0.39 is 11.8 Å². The fraction of sp³-hybridized carbons (Fsp3) is 0.167. The Labute approximate surface area is 155 Å². The molecule has 0 heterocycles. The number of benzene rings is 2. The second-order valence-corrected chi connectivity index (χ2v) is 5.59. The van der Waals surface area contributed by atoms with Crippen molar-refractivity contribution in [2.75, 3.05) is 19.5 Å². The Hall–Kier alpha value is -3.06. The summed E-state index contributed by atoms with van der Waals surface area (Å²) < 4.78 is 10.3. The molecule has 0 aliphatic rings. The monoisotopic (exact) mass is 375 g/mol. The largest absolute Gasteiger partial charge is 0.493 e. The average molecular weight is 376 g/mol. The molecule has 2 N–H and O–H groups in total. The molecule has 0 radical (unpaired) electrons. The van der Waals surface area contributed by atoms with Crippen molar-refractivity contribution >= 4 is 35.3 Å². The highest BCUT2D eigenvalue weighted by Gasteiger charge is 2.14. The summed E-state index contributed by atoms with van der Waals surface area (Å²) in [6.07, 6.45) is 1.39. The maximum atomic E-state index is 11.9. The molecule has 0 saturated heterocycles. The molecule has 0 atom stereocenters. The quantitative estimate of drug-likeness (QED) is 0.477. The molecule has 0 saturated carbocycles. The van der Waals surface area contributed by atoms with Crippen LogP contribution in [0.15, 0.2) is 41.5 Å². The van der Waals surface area contributed by atoms with E-state index in [9.17, 15) is 9.59 Å². The number of methoxy groups -OCH3 is 2. The van der Waals surface area contributed by atoms with E-state index in [-0.39, 0.29) is 0 Å². The van der Waals surface area contributed by atoms with Crippen LogP contribution >= 0.6 is 11.6 Å². The molecule has 7 nitrogen and oxygen atoms in total. The number of ether oxygens (including phenoxy) is 2. The lowest BCUT2D eigenvalue weighted by Crippen LogP contribution is -2.32. The Bertz CT molecular complexity index is 852. The topological polar surface area (TPSA) is 89.0 Å². The molecule has 0 spiro atoms. The summed E-state index contributed by atoms with van der Waals surface area (Å²) in [6.45, 7) is 1.74. The van der Waals surface area contributed by atoms with Crippen LogP contribution in [0, 0.1) is 6.92 Å². The van der Waals surface area contributed by atoms with Crippen molar-refractivity contribution in [2.24, 2.45) is 5.10 Å². The zero-order valence-electron chi connectivity index (χ0n) is 14.5. The molecule has 0 fully saturated rings. The van der Waals surface area contributed by atoms with Gasteiger partial charge in [-0.2, -0.15) is 5.10 Å². The minimum Gasteiger partial charge on any atom is -0.493 e. The normalized spacial score (nSPS) is 10.5. The van der Waals surface area contributed by atoms with Gasteiger partial charge in [-0.25, -0.2) is 5.43 Å². The lowest BCUT2D eigenvalue weighted by molar-refractivity contribution is -0.136. The van der Waals surface area contributed by atoms with Crippen LogP contribution in [0.3, 0.4) is 0 Å². The fourth-order valence-corrected chi connectivity index (χ4v) is 2.25. The zero-order chi connectivity index (χ0) is 19.1. The van der Waals surface area contributed by atoms with Gasteiger partial charge < -0.3 is 14.8 Å². The first-order valence-electron chi connectivity index (χ1n) is 7.57. The van der Waals surface area contributed by atoms with Crippen LogP contribution in [-0.2, 0) is 9.59 Å². The van der Waals surface area contributed by atoms with Gasteiger partial charge in [0.2, 0.25) is 0 Å². The third-order valence-electron chi connectivity index (χ3n) is 3.51. The van der Waals surface area contributed by atoms with Crippen LogP contribution in [0.4, 0.5) is 5.69 Å². The van der Waals surface area contributed by atoms with Gasteiger partial charge in [0.05, 0.1) is 20.4 Å². The number of hydrazone groups is 1. The van der Waals surface area contributed by atoms with Gasteiger partial charge in [0.15, 0.2) is 11.5 Å². The van der Waals surface area contributed by atoms with Crippen molar-refractivity contribution in [3.63, 3.8) is 0 Å². The summed E-state index contributed by atoms with van der Waals surface area (Å²) in [4.78, 5) is 23.8. The first-order chi connectivity index (χ1) is 12.5. The second-order valence-electron chi connectivity index (χ2n) is 5.18. The molecule has 0 aliphatic heterocycles. The smallest absolute Gasteiger partial charge is 0.329 e. The highest BCUT2D eigenvalue weighted by Crippen LogP contribution is 2.26. The Kier molecular flexibility index (Phi) is 6.57. The number of halogens is 1. The number of anilines is 1. The summed E-state index contributed by atoms with van der Waals surface area (Å²) in [5, 5.41) is 6.75. The number of amides is 2. The van der Waals surface area contributed by atoms with E-state index >= 15 is 0 Å². The number of carbonyl (C=O) groups excluding carboxylic acids is 2. The second kappa shape index (κ2) is 8.87. The third-order valence-corrected chi connectivity index (χ3v) is 3.92. The highest BCUT2D eigenvalue weighted by molar-refractivity contribution is 6.40. The Morgan fingerprint density at radius 2 is 1.81 bits per heavy atom. The molecule has 8 heteroatoms. The average Bonchev–Trinajstić information content (AvgIpc) is 2.65. The maximum absolute atomic E-state index is 11.9. The fourth-order valence-electron chi connectivity index (χ4n) is 2.07. The van der Waals surface area contributed by atoms with Crippen LogP contribution < -0.4 is 20.2 Å². The van der Waals surface area contributed by atoms with Crippen molar-refractivity contribution in [1.29, 1.82) is 0 Å². The van der Waals surface area contributed by atoms with Gasteiger partial charge >= 0.3 is 11.8 Å². The molecule has 0 unspecified atom stereocenters. The molecule has 2 rings (SSSR count). The van der Waals surface area contributed by atoms with Crippen LogP contribution in [0.2, 0.25) is 5.02 Å². The lowest BCUT2D eigenvalue weighted by Gasteiger charge is -2.08. The summed E-state index contributed by atoms with van der Waals surface area (Å²) in [5.41, 5.74) is 3.96. The molecule has 0 aliphatic carbocycles. The van der Waals surface area contributed by atoms with E-state index in [1.54, 1.807) is 43.3 Å². The van der Waals surface area contributed by atoms with Gasteiger partial charge in [0, 0.05) is 10.7 Å². The lowest BCUT2D eigenvalue weighted by atomic mass is 10.2. The Morgan fingerprint density at radius 3 is 2.50 bits per heavy atom. The molecule has 0 aromatic heterocycles. The molecular weight excluding hydrogens is 358 g/mol. The summed E-state index contributed by atoms with van der Waals surface area (Å²) in [7, 11) is 3.05. The number of nitrogens with zero attached hydrogens (tertiary/aromatic N) is 1. The summed E-state index contributed by atoms with van der Waals surface area (Å²) >= 11 is 5.98. The predicted octanol–water partition coefficient (Wildman–Crippen LogP) is 2.75. The highest BCUT2D eigenvalue weighted by atomic mass is 35.5. The Balaban J connectivity index is 1.98. The number of carbonyl (C=O) groups is 2.